The van der Waals surface area contributed by atoms with Gasteiger partial charge >= 0.3 is 0 Å². The van der Waals surface area contributed by atoms with E-state index in [0.29, 0.717) is 5.02 Å². The Morgan fingerprint density at radius 2 is 2.12 bits per heavy atom. The van der Waals surface area contributed by atoms with Crippen LogP contribution in [0.25, 0.3) is 5.13 Å². The molecule has 0 radical (unpaired) electrons. The molecule has 0 saturated carbocycles. The number of ketones is 1. The monoisotopic (exact) mass is 385 g/mol. The molecule has 3 heterocycles. The van der Waals surface area contributed by atoms with E-state index in [1.165, 1.54) is 5.69 Å². The van der Waals surface area contributed by atoms with Gasteiger partial charge in [0.2, 0.25) is 0 Å². The third kappa shape index (κ3) is 3.75. The molecule has 1 fully saturated rings. The first kappa shape index (κ1) is 17.5. The number of carbonyl (C=O) groups is 1. The van der Waals surface area contributed by atoms with Gasteiger partial charge in [0.15, 0.2) is 10.9 Å². The number of hydrogen-bond donors (Lipinski definition) is 0. The molecule has 2 aromatic heterocycles. The largest absolute Gasteiger partial charge is 0.297 e. The van der Waals surface area contributed by atoms with E-state index in [-0.39, 0.29) is 11.7 Å². The number of nitrogens with zero attached hydrogens (tertiary/aromatic N) is 3. The van der Waals surface area contributed by atoms with Crippen molar-refractivity contribution >= 4 is 28.7 Å². The highest BCUT2D eigenvalue weighted by molar-refractivity contribution is 7.12. The number of piperidine rings is 1. The van der Waals surface area contributed by atoms with Crippen LogP contribution in [-0.4, -0.2) is 33.3 Å². The van der Waals surface area contributed by atoms with Crippen LogP contribution in [0.5, 0.6) is 0 Å². The minimum atomic E-state index is 0.0493. The van der Waals surface area contributed by atoms with Crippen LogP contribution in [0.3, 0.4) is 0 Å². The van der Waals surface area contributed by atoms with E-state index in [1.807, 2.05) is 23.7 Å². The van der Waals surface area contributed by atoms with Crippen LogP contribution in [0, 0.1) is 5.92 Å². The lowest BCUT2D eigenvalue weighted by molar-refractivity contribution is 0.0809. The fourth-order valence-electron chi connectivity index (χ4n) is 3.56. The minimum Gasteiger partial charge on any atom is -0.297 e. The molecule has 6 heteroatoms. The summed E-state index contributed by atoms with van der Waals surface area (Å²) in [4.78, 5) is 19.6. The standard InChI is InChI=1S/C20H20ClN3OS/c21-17-7-5-15(6-8-17)19(25)16-3-1-10-23(13-16)14-18-4-2-11-24(18)20-22-9-12-26-20/h2,4-9,11-12,16H,1,3,10,13-14H2. The predicted molar refractivity (Wildman–Crippen MR) is 105 cm³/mol. The highest BCUT2D eigenvalue weighted by Crippen LogP contribution is 2.24. The zero-order valence-corrected chi connectivity index (χ0v) is 15.9. The van der Waals surface area contributed by atoms with Crippen molar-refractivity contribution in [3.63, 3.8) is 0 Å². The van der Waals surface area contributed by atoms with Crippen LogP contribution < -0.4 is 0 Å². The number of carbonyl (C=O) groups excluding carboxylic acids is 1. The van der Waals surface area contributed by atoms with Crippen molar-refractivity contribution in [3.8, 4) is 5.13 Å². The van der Waals surface area contributed by atoms with Crippen molar-refractivity contribution in [1.29, 1.82) is 0 Å². The average molecular weight is 386 g/mol. The number of benzene rings is 1. The molecule has 4 nitrogen and oxygen atoms in total. The van der Waals surface area contributed by atoms with E-state index in [1.54, 1.807) is 23.5 Å². The molecule has 4 rings (SSSR count). The van der Waals surface area contributed by atoms with Gasteiger partial charge in [-0.25, -0.2) is 4.98 Å². The predicted octanol–water partition coefficient (Wildman–Crippen LogP) is 4.68. The second-order valence-corrected chi connectivity index (χ2v) is 7.94. The molecular formula is C20H20ClN3OS. The third-order valence-electron chi connectivity index (χ3n) is 4.85. The van der Waals surface area contributed by atoms with Crippen molar-refractivity contribution in [2.24, 2.45) is 5.92 Å². The van der Waals surface area contributed by atoms with Crippen LogP contribution >= 0.6 is 22.9 Å². The minimum absolute atomic E-state index is 0.0493. The molecule has 26 heavy (non-hydrogen) atoms. The molecule has 3 aromatic rings. The molecule has 134 valence electrons. The molecule has 0 amide bonds. The maximum Gasteiger partial charge on any atom is 0.193 e. The first-order chi connectivity index (χ1) is 12.7. The summed E-state index contributed by atoms with van der Waals surface area (Å²) < 4.78 is 2.13. The summed E-state index contributed by atoms with van der Waals surface area (Å²) in [5, 5.41) is 3.63. The first-order valence-electron chi connectivity index (χ1n) is 8.79. The van der Waals surface area contributed by atoms with Gasteiger partial charge in [0.05, 0.1) is 0 Å². The van der Waals surface area contributed by atoms with Gasteiger partial charge in [-0.3, -0.25) is 14.3 Å². The van der Waals surface area contributed by atoms with E-state index in [9.17, 15) is 4.79 Å². The maximum atomic E-state index is 12.8. The number of hydrogen-bond acceptors (Lipinski definition) is 4. The van der Waals surface area contributed by atoms with Crippen LogP contribution in [0.4, 0.5) is 0 Å². The Morgan fingerprint density at radius 1 is 1.27 bits per heavy atom. The van der Waals surface area contributed by atoms with Gasteiger partial charge in [0, 0.05) is 53.1 Å². The Morgan fingerprint density at radius 3 is 2.88 bits per heavy atom. The number of rotatable bonds is 5. The van der Waals surface area contributed by atoms with E-state index >= 15 is 0 Å². The summed E-state index contributed by atoms with van der Waals surface area (Å²) in [7, 11) is 0. The van der Waals surface area contributed by atoms with Crippen LogP contribution in [0.15, 0.2) is 54.2 Å². The fraction of sp³-hybridized carbons (Fsp3) is 0.300. The summed E-state index contributed by atoms with van der Waals surface area (Å²) in [6.07, 6.45) is 5.87. The highest BCUT2D eigenvalue weighted by atomic mass is 35.5. The third-order valence-corrected chi connectivity index (χ3v) is 5.87. The number of likely N-dealkylation sites (tertiary alicyclic amines) is 1. The van der Waals surface area contributed by atoms with Crippen LogP contribution in [-0.2, 0) is 6.54 Å². The van der Waals surface area contributed by atoms with Crippen molar-refractivity contribution in [2.75, 3.05) is 13.1 Å². The lowest BCUT2D eigenvalue weighted by Crippen LogP contribution is -2.38. The maximum absolute atomic E-state index is 12.8. The zero-order chi connectivity index (χ0) is 17.9. The number of Topliss-reactive ketones (excluding diaryl/α,β-unsaturated/α-hetero) is 1. The fourth-order valence-corrected chi connectivity index (χ4v) is 4.34. The highest BCUT2D eigenvalue weighted by Gasteiger charge is 2.27. The quantitative estimate of drug-likeness (QED) is 0.598. The Hall–Kier alpha value is -1.95. The summed E-state index contributed by atoms with van der Waals surface area (Å²) in [6.45, 7) is 2.65. The van der Waals surface area contributed by atoms with Gasteiger partial charge in [-0.1, -0.05) is 11.6 Å². The van der Waals surface area contributed by atoms with Crippen molar-refractivity contribution < 1.29 is 4.79 Å². The van der Waals surface area contributed by atoms with Gasteiger partial charge in [0.25, 0.3) is 0 Å². The van der Waals surface area contributed by atoms with Gasteiger partial charge < -0.3 is 0 Å². The molecule has 0 spiro atoms. The number of aromatic nitrogens is 2. The van der Waals surface area contributed by atoms with Gasteiger partial charge in [-0.15, -0.1) is 11.3 Å². The van der Waals surface area contributed by atoms with E-state index < -0.39 is 0 Å². The van der Waals surface area contributed by atoms with Gasteiger partial charge in [-0.05, 0) is 55.8 Å². The van der Waals surface area contributed by atoms with Crippen LogP contribution in [0.1, 0.15) is 28.9 Å². The Labute approximate surface area is 162 Å². The second-order valence-electron chi connectivity index (χ2n) is 6.63. The summed E-state index contributed by atoms with van der Waals surface area (Å²) in [5.74, 6) is 0.273. The second kappa shape index (κ2) is 7.74. The molecular weight excluding hydrogens is 366 g/mol. The van der Waals surface area contributed by atoms with Crippen molar-refractivity contribution in [2.45, 2.75) is 19.4 Å². The normalized spacial score (nSPS) is 18.1. The van der Waals surface area contributed by atoms with E-state index in [0.717, 1.165) is 43.2 Å². The molecule has 1 atom stereocenters. The number of halogens is 1. The smallest absolute Gasteiger partial charge is 0.193 e. The molecule has 1 aliphatic heterocycles. The molecule has 1 aliphatic rings. The SMILES string of the molecule is O=C(c1ccc(Cl)cc1)C1CCCN(Cc2cccn2-c2nccs2)C1. The Bertz CT molecular complexity index is 873. The lowest BCUT2D eigenvalue weighted by Gasteiger charge is -2.32. The van der Waals surface area contributed by atoms with Gasteiger partial charge in [0.1, 0.15) is 0 Å². The topological polar surface area (TPSA) is 38.1 Å². The Kier molecular flexibility index (Phi) is 5.20. The number of thiazole rings is 1. The summed E-state index contributed by atoms with van der Waals surface area (Å²) in [5.41, 5.74) is 1.96. The molecule has 0 N–H and O–H groups in total. The van der Waals surface area contributed by atoms with Crippen LogP contribution in [0.2, 0.25) is 5.02 Å². The van der Waals surface area contributed by atoms with Gasteiger partial charge in [-0.2, -0.15) is 0 Å². The average Bonchev–Trinajstić information content (AvgIpc) is 3.33. The molecule has 1 unspecified atom stereocenters. The zero-order valence-electron chi connectivity index (χ0n) is 14.3. The first-order valence-corrected chi connectivity index (χ1v) is 10.0. The van der Waals surface area contributed by atoms with Crippen molar-refractivity contribution in [1.82, 2.24) is 14.5 Å². The summed E-state index contributed by atoms with van der Waals surface area (Å²) >= 11 is 7.56. The van der Waals surface area contributed by atoms with E-state index in [4.69, 9.17) is 11.6 Å². The summed E-state index contributed by atoms with van der Waals surface area (Å²) in [6, 6.07) is 11.4. The molecule has 1 aromatic carbocycles. The van der Waals surface area contributed by atoms with E-state index in [2.05, 4.69) is 32.8 Å². The Balaban J connectivity index is 1.45. The molecule has 0 bridgehead atoms. The molecule has 0 aliphatic carbocycles. The van der Waals surface area contributed by atoms with Crippen molar-refractivity contribution in [3.05, 3.63) is 70.5 Å². The molecule has 1 saturated heterocycles. The lowest BCUT2D eigenvalue weighted by atomic mass is 9.90.